The molecule has 4 heterocycles. The van der Waals surface area contributed by atoms with Gasteiger partial charge in [0.1, 0.15) is 11.9 Å². The van der Waals surface area contributed by atoms with E-state index in [-0.39, 0.29) is 23.8 Å². The van der Waals surface area contributed by atoms with Gasteiger partial charge >= 0.3 is 0 Å². The molecule has 2 amide bonds. The first kappa shape index (κ1) is 19.3. The van der Waals surface area contributed by atoms with E-state index in [2.05, 4.69) is 17.7 Å². The number of carbonyl (C=O) groups is 2. The molecule has 6 nitrogen and oxygen atoms in total. The Morgan fingerprint density at radius 3 is 2.87 bits per heavy atom. The molecular weight excluding hydrogens is 396 g/mol. The number of para-hydroxylation sites is 2. The smallest absolute Gasteiger partial charge is 0.245 e. The number of likely N-dealkylation sites (tertiary alicyclic amines) is 2. The second kappa shape index (κ2) is 7.87. The van der Waals surface area contributed by atoms with Gasteiger partial charge in [-0.15, -0.1) is 11.3 Å². The third-order valence-electron chi connectivity index (χ3n) is 6.44. The largest absolute Gasteiger partial charge is 0.340 e. The first-order valence-electron chi connectivity index (χ1n) is 10.6. The summed E-state index contributed by atoms with van der Waals surface area (Å²) in [6.07, 6.45) is 3.08. The molecule has 0 spiro atoms. The molecule has 0 N–H and O–H groups in total. The molecule has 30 heavy (non-hydrogen) atoms. The number of imidazole rings is 1. The van der Waals surface area contributed by atoms with Crippen molar-refractivity contribution in [1.29, 1.82) is 0 Å². The molecule has 0 saturated carbocycles. The van der Waals surface area contributed by atoms with Crippen LogP contribution in [0.25, 0.3) is 11.0 Å². The van der Waals surface area contributed by atoms with Gasteiger partial charge in [-0.2, -0.15) is 0 Å². The number of amides is 2. The first-order chi connectivity index (χ1) is 14.6. The van der Waals surface area contributed by atoms with Crippen LogP contribution in [0.3, 0.4) is 0 Å². The molecule has 2 unspecified atom stereocenters. The zero-order chi connectivity index (χ0) is 20.7. The quantitative estimate of drug-likeness (QED) is 0.646. The maximum absolute atomic E-state index is 13.4. The molecule has 5 rings (SSSR count). The highest BCUT2D eigenvalue weighted by molar-refractivity contribution is 7.09. The lowest BCUT2D eigenvalue weighted by atomic mass is 9.96. The summed E-state index contributed by atoms with van der Waals surface area (Å²) in [5, 5.41) is 2.01. The van der Waals surface area contributed by atoms with Crippen LogP contribution < -0.4 is 0 Å². The Hall–Kier alpha value is -2.67. The highest BCUT2D eigenvalue weighted by atomic mass is 32.1. The monoisotopic (exact) mass is 422 g/mol. The maximum atomic E-state index is 13.4. The van der Waals surface area contributed by atoms with Crippen LogP contribution in [0.4, 0.5) is 0 Å². The van der Waals surface area contributed by atoms with Crippen LogP contribution >= 0.6 is 11.3 Å². The fourth-order valence-electron chi connectivity index (χ4n) is 4.89. The van der Waals surface area contributed by atoms with Gasteiger partial charge in [0.2, 0.25) is 11.8 Å². The summed E-state index contributed by atoms with van der Waals surface area (Å²) < 4.78 is 2.16. The van der Waals surface area contributed by atoms with Crippen LogP contribution in [0.2, 0.25) is 0 Å². The third-order valence-corrected chi connectivity index (χ3v) is 7.30. The van der Waals surface area contributed by atoms with Gasteiger partial charge < -0.3 is 14.4 Å². The van der Waals surface area contributed by atoms with Crippen molar-refractivity contribution in [2.45, 2.75) is 44.2 Å². The van der Waals surface area contributed by atoms with Crippen LogP contribution in [0.1, 0.15) is 42.3 Å². The van der Waals surface area contributed by atoms with E-state index in [1.165, 1.54) is 0 Å². The normalized spacial score (nSPS) is 22.2. The minimum Gasteiger partial charge on any atom is -0.340 e. The Labute approximate surface area is 180 Å². The summed E-state index contributed by atoms with van der Waals surface area (Å²) in [6, 6.07) is 11.9. The first-order valence-corrected chi connectivity index (χ1v) is 11.5. The summed E-state index contributed by atoms with van der Waals surface area (Å²) >= 11 is 1.63. The van der Waals surface area contributed by atoms with Gasteiger partial charge in [0.25, 0.3) is 0 Å². The van der Waals surface area contributed by atoms with Crippen molar-refractivity contribution in [3.05, 3.63) is 52.5 Å². The van der Waals surface area contributed by atoms with E-state index in [0.29, 0.717) is 25.9 Å². The van der Waals surface area contributed by atoms with Crippen molar-refractivity contribution >= 4 is 34.2 Å². The standard InChI is InChI=1S/C23H26N4O2S/c1-25-19-9-3-2-8-18(19)24-22(25)16-6-4-12-26(14-16)23(29)20-10-11-21(28)27(20)15-17-7-5-13-30-17/h2-3,5,7-9,13,16,20H,4,6,10-12,14-15H2,1H3. The summed E-state index contributed by atoms with van der Waals surface area (Å²) in [5.74, 6) is 1.46. The Morgan fingerprint density at radius 2 is 2.07 bits per heavy atom. The van der Waals surface area contributed by atoms with Gasteiger partial charge in [-0.3, -0.25) is 9.59 Å². The molecule has 0 radical (unpaired) electrons. The Balaban J connectivity index is 1.34. The molecule has 3 aromatic rings. The van der Waals surface area contributed by atoms with E-state index >= 15 is 0 Å². The molecular formula is C23H26N4O2S. The van der Waals surface area contributed by atoms with Crippen molar-refractivity contribution in [1.82, 2.24) is 19.4 Å². The zero-order valence-electron chi connectivity index (χ0n) is 17.2. The Kier molecular flexibility index (Phi) is 5.06. The van der Waals surface area contributed by atoms with E-state index in [0.717, 1.165) is 41.1 Å². The van der Waals surface area contributed by atoms with E-state index in [1.54, 1.807) is 16.2 Å². The molecule has 2 atom stereocenters. The highest BCUT2D eigenvalue weighted by Gasteiger charge is 2.40. The molecule has 0 aliphatic carbocycles. The third kappa shape index (κ3) is 3.41. The van der Waals surface area contributed by atoms with E-state index in [4.69, 9.17) is 4.98 Å². The number of fused-ring (bicyclic) bond motifs is 1. The molecule has 2 aliphatic heterocycles. The van der Waals surface area contributed by atoms with Crippen molar-refractivity contribution < 1.29 is 9.59 Å². The van der Waals surface area contributed by atoms with Gasteiger partial charge in [0.05, 0.1) is 17.6 Å². The zero-order valence-corrected chi connectivity index (χ0v) is 18.0. The van der Waals surface area contributed by atoms with Gasteiger partial charge in [0, 0.05) is 37.4 Å². The van der Waals surface area contributed by atoms with Gasteiger partial charge in [-0.1, -0.05) is 18.2 Å². The predicted octanol–water partition coefficient (Wildman–Crippen LogP) is 3.53. The molecule has 2 aliphatic rings. The van der Waals surface area contributed by atoms with Gasteiger partial charge in [0.15, 0.2) is 0 Å². The van der Waals surface area contributed by atoms with Crippen LogP contribution in [0, 0.1) is 0 Å². The number of thiophene rings is 1. The maximum Gasteiger partial charge on any atom is 0.245 e. The number of aryl methyl sites for hydroxylation is 1. The van der Waals surface area contributed by atoms with Crippen molar-refractivity contribution in [3.8, 4) is 0 Å². The molecule has 7 heteroatoms. The van der Waals surface area contributed by atoms with Crippen LogP contribution in [-0.4, -0.2) is 50.3 Å². The summed E-state index contributed by atoms with van der Waals surface area (Å²) in [5.41, 5.74) is 2.13. The van der Waals surface area contributed by atoms with Crippen molar-refractivity contribution in [2.75, 3.05) is 13.1 Å². The van der Waals surface area contributed by atoms with E-state index < -0.39 is 0 Å². The SMILES string of the molecule is Cn1c(C2CCCN(C(=O)C3CCC(=O)N3Cc3cccs3)C2)nc2ccccc21. The van der Waals surface area contributed by atoms with Gasteiger partial charge in [-0.25, -0.2) is 4.98 Å². The molecule has 1 aromatic carbocycles. The fraction of sp³-hybridized carbons (Fsp3) is 0.435. The molecule has 0 bridgehead atoms. The number of rotatable bonds is 4. The fourth-order valence-corrected chi connectivity index (χ4v) is 5.59. The van der Waals surface area contributed by atoms with Crippen molar-refractivity contribution in [3.63, 3.8) is 0 Å². The summed E-state index contributed by atoms with van der Waals surface area (Å²) in [6.45, 7) is 1.97. The van der Waals surface area contributed by atoms with E-state index in [9.17, 15) is 9.59 Å². The number of hydrogen-bond donors (Lipinski definition) is 0. The summed E-state index contributed by atoms with van der Waals surface area (Å²) in [4.78, 5) is 35.6. The molecule has 156 valence electrons. The number of piperidine rings is 1. The predicted molar refractivity (Wildman–Crippen MR) is 117 cm³/mol. The number of hydrogen-bond acceptors (Lipinski definition) is 4. The number of nitrogens with zero attached hydrogens (tertiary/aromatic N) is 4. The lowest BCUT2D eigenvalue weighted by Crippen LogP contribution is -2.49. The lowest BCUT2D eigenvalue weighted by molar-refractivity contribution is -0.142. The van der Waals surface area contributed by atoms with E-state index in [1.807, 2.05) is 40.6 Å². The number of benzene rings is 1. The molecule has 2 fully saturated rings. The minimum atomic E-state index is -0.334. The minimum absolute atomic E-state index is 0.0886. The van der Waals surface area contributed by atoms with Crippen LogP contribution in [0.15, 0.2) is 41.8 Å². The van der Waals surface area contributed by atoms with Gasteiger partial charge in [-0.05, 0) is 42.8 Å². The average Bonchev–Trinajstić information content (AvgIpc) is 3.49. The van der Waals surface area contributed by atoms with Crippen LogP contribution in [0.5, 0.6) is 0 Å². The topological polar surface area (TPSA) is 58.4 Å². The average molecular weight is 423 g/mol. The molecule has 2 saturated heterocycles. The van der Waals surface area contributed by atoms with Crippen LogP contribution in [-0.2, 0) is 23.2 Å². The Bertz CT molecular complexity index is 1070. The second-order valence-corrected chi connectivity index (χ2v) is 9.33. The van der Waals surface area contributed by atoms with Crippen molar-refractivity contribution in [2.24, 2.45) is 7.05 Å². The summed E-state index contributed by atoms with van der Waals surface area (Å²) in [7, 11) is 2.06. The number of carbonyl (C=O) groups excluding carboxylic acids is 2. The Morgan fingerprint density at radius 1 is 1.20 bits per heavy atom. The highest BCUT2D eigenvalue weighted by Crippen LogP contribution is 2.31. The molecule has 2 aromatic heterocycles. The number of aromatic nitrogens is 2. The second-order valence-electron chi connectivity index (χ2n) is 8.30. The lowest BCUT2D eigenvalue weighted by Gasteiger charge is -2.36.